The first-order chi connectivity index (χ1) is 5.68. The molecule has 2 aliphatic heterocycles. The fraction of sp³-hybridized carbons (Fsp3) is 0.167. The van der Waals surface area contributed by atoms with Gasteiger partial charge in [-0.1, -0.05) is 0 Å². The SMILES string of the molecule is NC1=CCN2C(O)=CN(O)C2=N1. The molecule has 0 aromatic carbocycles. The molecule has 6 heteroatoms. The average molecular weight is 168 g/mol. The first kappa shape index (κ1) is 6.99. The molecule has 4 N–H and O–H groups in total. The summed E-state index contributed by atoms with van der Waals surface area (Å²) in [5.41, 5.74) is 5.40. The lowest BCUT2D eigenvalue weighted by Gasteiger charge is -2.21. The van der Waals surface area contributed by atoms with Gasteiger partial charge in [-0.05, 0) is 6.08 Å². The third-order valence-corrected chi connectivity index (χ3v) is 1.67. The summed E-state index contributed by atoms with van der Waals surface area (Å²) in [7, 11) is 0. The van der Waals surface area contributed by atoms with Crippen LogP contribution in [-0.2, 0) is 0 Å². The van der Waals surface area contributed by atoms with Gasteiger partial charge in [0.25, 0.3) is 0 Å². The van der Waals surface area contributed by atoms with Gasteiger partial charge in [-0.15, -0.1) is 0 Å². The molecule has 2 rings (SSSR count). The van der Waals surface area contributed by atoms with Gasteiger partial charge < -0.3 is 10.8 Å². The monoisotopic (exact) mass is 168 g/mol. The lowest BCUT2D eigenvalue weighted by molar-refractivity contribution is 0.0347. The van der Waals surface area contributed by atoms with Gasteiger partial charge in [-0.3, -0.25) is 10.1 Å². The molecule has 0 saturated carbocycles. The molecule has 2 aliphatic rings. The molecule has 0 aromatic rings. The van der Waals surface area contributed by atoms with Gasteiger partial charge in [0.15, 0.2) is 0 Å². The molecule has 0 atom stereocenters. The standard InChI is InChI=1S/C6H8N4O2/c7-4-1-2-9-5(11)3-10(12)6(9)8-4/h1,3,11-12H,2,7H2. The minimum Gasteiger partial charge on any atom is -0.493 e. The van der Waals surface area contributed by atoms with Crippen LogP contribution in [-0.4, -0.2) is 32.8 Å². The zero-order chi connectivity index (χ0) is 8.72. The van der Waals surface area contributed by atoms with Crippen molar-refractivity contribution in [1.29, 1.82) is 0 Å². The maximum Gasteiger partial charge on any atom is 0.239 e. The van der Waals surface area contributed by atoms with E-state index in [4.69, 9.17) is 10.9 Å². The number of guanidine groups is 1. The van der Waals surface area contributed by atoms with E-state index >= 15 is 0 Å². The van der Waals surface area contributed by atoms with Crippen molar-refractivity contribution in [3.05, 3.63) is 24.0 Å². The summed E-state index contributed by atoms with van der Waals surface area (Å²) < 4.78 is 0. The van der Waals surface area contributed by atoms with Crippen LogP contribution in [0.2, 0.25) is 0 Å². The van der Waals surface area contributed by atoms with Gasteiger partial charge in [0, 0.05) is 0 Å². The van der Waals surface area contributed by atoms with Crippen molar-refractivity contribution in [3.63, 3.8) is 0 Å². The zero-order valence-electron chi connectivity index (χ0n) is 6.18. The first-order valence-electron chi connectivity index (χ1n) is 3.39. The average Bonchev–Trinajstić information content (AvgIpc) is 2.28. The lowest BCUT2D eigenvalue weighted by Crippen LogP contribution is -2.36. The third-order valence-electron chi connectivity index (χ3n) is 1.67. The Kier molecular flexibility index (Phi) is 1.25. The molecule has 0 radical (unpaired) electrons. The molecule has 0 unspecified atom stereocenters. The predicted octanol–water partition coefficient (Wildman–Crippen LogP) is -0.480. The van der Waals surface area contributed by atoms with Crippen LogP contribution in [0.25, 0.3) is 0 Å². The number of rotatable bonds is 0. The Morgan fingerprint density at radius 3 is 3.08 bits per heavy atom. The largest absolute Gasteiger partial charge is 0.493 e. The van der Waals surface area contributed by atoms with Crippen molar-refractivity contribution < 1.29 is 10.3 Å². The van der Waals surface area contributed by atoms with E-state index in [2.05, 4.69) is 4.99 Å². The fourth-order valence-electron chi connectivity index (χ4n) is 1.10. The van der Waals surface area contributed by atoms with Gasteiger partial charge in [0.05, 0.1) is 12.7 Å². The van der Waals surface area contributed by atoms with E-state index in [-0.39, 0.29) is 11.8 Å². The molecule has 6 nitrogen and oxygen atoms in total. The van der Waals surface area contributed by atoms with Crippen LogP contribution < -0.4 is 5.73 Å². The van der Waals surface area contributed by atoms with Crippen LogP contribution in [0.1, 0.15) is 0 Å². The molecule has 0 bridgehead atoms. The molecule has 0 amide bonds. The number of aliphatic hydroxyl groups excluding tert-OH is 1. The van der Waals surface area contributed by atoms with Gasteiger partial charge in [0.1, 0.15) is 5.82 Å². The molecule has 2 heterocycles. The summed E-state index contributed by atoms with van der Waals surface area (Å²) in [6, 6.07) is 0. The molecule has 0 fully saturated rings. The maximum atomic E-state index is 9.22. The number of fused-ring (bicyclic) bond motifs is 1. The second-order valence-electron chi connectivity index (χ2n) is 2.48. The van der Waals surface area contributed by atoms with Crippen molar-refractivity contribution >= 4 is 5.96 Å². The van der Waals surface area contributed by atoms with Gasteiger partial charge in [-0.2, -0.15) is 10.1 Å². The molecular formula is C6H8N4O2. The molecule has 0 aliphatic carbocycles. The number of hydroxylamine groups is 2. The third kappa shape index (κ3) is 0.817. The van der Waals surface area contributed by atoms with Gasteiger partial charge in [-0.25, -0.2) is 0 Å². The van der Waals surface area contributed by atoms with Crippen LogP contribution >= 0.6 is 0 Å². The van der Waals surface area contributed by atoms with E-state index in [1.54, 1.807) is 6.08 Å². The van der Waals surface area contributed by atoms with E-state index in [9.17, 15) is 5.11 Å². The quantitative estimate of drug-likeness (QED) is 0.455. The minimum absolute atomic E-state index is 0.0417. The highest BCUT2D eigenvalue weighted by atomic mass is 16.5. The summed E-state index contributed by atoms with van der Waals surface area (Å²) in [5.74, 6) is 0.524. The Hall–Kier alpha value is -1.69. The van der Waals surface area contributed by atoms with E-state index in [0.29, 0.717) is 12.4 Å². The van der Waals surface area contributed by atoms with Crippen molar-refractivity contribution in [2.24, 2.45) is 10.7 Å². The Morgan fingerprint density at radius 2 is 2.33 bits per heavy atom. The minimum atomic E-state index is -0.0417. The summed E-state index contributed by atoms with van der Waals surface area (Å²) >= 11 is 0. The summed E-state index contributed by atoms with van der Waals surface area (Å²) in [4.78, 5) is 5.25. The zero-order valence-corrected chi connectivity index (χ0v) is 6.18. The number of hydrogen-bond acceptors (Lipinski definition) is 6. The number of hydrogen-bond donors (Lipinski definition) is 3. The topological polar surface area (TPSA) is 85.3 Å². The van der Waals surface area contributed by atoms with Crippen molar-refractivity contribution in [2.75, 3.05) is 6.54 Å². The van der Waals surface area contributed by atoms with Crippen LogP contribution in [0.5, 0.6) is 0 Å². The molecular weight excluding hydrogens is 160 g/mol. The number of aliphatic imine (C=N–C) groups is 1. The summed E-state index contributed by atoms with van der Waals surface area (Å²) in [6.07, 6.45) is 2.80. The first-order valence-corrected chi connectivity index (χ1v) is 3.39. The number of nitrogens with zero attached hydrogens (tertiary/aromatic N) is 3. The van der Waals surface area contributed by atoms with Crippen LogP contribution in [0, 0.1) is 0 Å². The van der Waals surface area contributed by atoms with Gasteiger partial charge in [0.2, 0.25) is 11.8 Å². The van der Waals surface area contributed by atoms with Crippen LogP contribution in [0.4, 0.5) is 0 Å². The molecule has 0 spiro atoms. The molecule has 0 aromatic heterocycles. The highest BCUT2D eigenvalue weighted by molar-refractivity contribution is 5.85. The van der Waals surface area contributed by atoms with Crippen molar-refractivity contribution in [3.8, 4) is 0 Å². The summed E-state index contributed by atoms with van der Waals surface area (Å²) in [6.45, 7) is 0.421. The highest BCUT2D eigenvalue weighted by Gasteiger charge is 2.28. The Balaban J connectivity index is 2.35. The predicted molar refractivity (Wildman–Crippen MR) is 40.7 cm³/mol. The van der Waals surface area contributed by atoms with Crippen molar-refractivity contribution in [1.82, 2.24) is 9.96 Å². The molecule has 64 valence electrons. The van der Waals surface area contributed by atoms with E-state index < -0.39 is 0 Å². The second kappa shape index (κ2) is 2.15. The molecule has 12 heavy (non-hydrogen) atoms. The van der Waals surface area contributed by atoms with E-state index in [1.807, 2.05) is 0 Å². The second-order valence-corrected chi connectivity index (χ2v) is 2.48. The Morgan fingerprint density at radius 1 is 1.58 bits per heavy atom. The summed E-state index contributed by atoms with van der Waals surface area (Å²) in [5, 5.41) is 19.1. The Labute approximate surface area is 68.5 Å². The fourth-order valence-corrected chi connectivity index (χ4v) is 1.10. The van der Waals surface area contributed by atoms with E-state index in [0.717, 1.165) is 11.3 Å². The number of aliphatic hydroxyl groups is 1. The normalized spacial score (nSPS) is 21.6. The Bertz CT molecular complexity index is 307. The maximum absolute atomic E-state index is 9.22. The smallest absolute Gasteiger partial charge is 0.239 e. The number of nitrogens with two attached hydrogens (primary N) is 1. The molecule has 0 saturated heterocycles. The highest BCUT2D eigenvalue weighted by Crippen LogP contribution is 2.17. The lowest BCUT2D eigenvalue weighted by atomic mass is 10.4. The van der Waals surface area contributed by atoms with Crippen molar-refractivity contribution in [2.45, 2.75) is 0 Å². The van der Waals surface area contributed by atoms with E-state index in [1.165, 1.54) is 4.90 Å². The van der Waals surface area contributed by atoms with Crippen LogP contribution in [0.15, 0.2) is 29.0 Å². The van der Waals surface area contributed by atoms with Gasteiger partial charge >= 0.3 is 0 Å². The van der Waals surface area contributed by atoms with Crippen LogP contribution in [0.3, 0.4) is 0 Å².